The molecule has 0 spiro atoms. The van der Waals surface area contributed by atoms with E-state index in [4.69, 9.17) is 10.5 Å². The Bertz CT molecular complexity index is 939. The molecule has 1 aliphatic heterocycles. The Hall–Kier alpha value is -2.08. The predicted octanol–water partition coefficient (Wildman–Crippen LogP) is 4.23. The third-order valence-corrected chi connectivity index (χ3v) is 7.01. The number of hydrogen-bond acceptors (Lipinski definition) is 6. The lowest BCUT2D eigenvalue weighted by molar-refractivity contribution is -0.137. The number of alkyl halides is 3. The second kappa shape index (κ2) is 8.96. The van der Waals surface area contributed by atoms with E-state index in [2.05, 4.69) is 9.62 Å². The van der Waals surface area contributed by atoms with Crippen LogP contribution in [0.1, 0.15) is 40.1 Å². The standard InChI is InChI=1S/C19H20F3N3O3S2/c1-10-8-28-9-11(2)25(10)30-15-7-13(16(23)26)18(29-15)24-17(27)12-5-3-4-6-14(12)19(20,21)22/h3-7,10-11H,8-9H2,1-2H3,(H2,23,26)(H,24,27). The summed E-state index contributed by atoms with van der Waals surface area (Å²) in [6.45, 7) is 5.12. The van der Waals surface area contributed by atoms with Gasteiger partial charge in [-0.1, -0.05) is 12.1 Å². The van der Waals surface area contributed by atoms with Gasteiger partial charge < -0.3 is 15.8 Å². The van der Waals surface area contributed by atoms with Crippen LogP contribution in [0.5, 0.6) is 0 Å². The average molecular weight is 460 g/mol. The second-order valence-electron chi connectivity index (χ2n) is 6.86. The number of carbonyl (C=O) groups excluding carboxylic acids is 2. The van der Waals surface area contributed by atoms with Crippen LogP contribution in [0, 0.1) is 0 Å². The lowest BCUT2D eigenvalue weighted by atomic mass is 10.1. The van der Waals surface area contributed by atoms with E-state index in [0.717, 1.165) is 23.5 Å². The van der Waals surface area contributed by atoms with Gasteiger partial charge in [0.1, 0.15) is 5.00 Å². The van der Waals surface area contributed by atoms with Gasteiger partial charge in [0.05, 0.1) is 34.1 Å². The molecule has 0 radical (unpaired) electrons. The summed E-state index contributed by atoms with van der Waals surface area (Å²) in [4.78, 5) is 24.4. The van der Waals surface area contributed by atoms with Crippen molar-refractivity contribution in [2.45, 2.75) is 36.3 Å². The van der Waals surface area contributed by atoms with Gasteiger partial charge in [0, 0.05) is 12.1 Å². The molecule has 1 aliphatic rings. The van der Waals surface area contributed by atoms with Crippen LogP contribution in [0.25, 0.3) is 0 Å². The molecule has 6 nitrogen and oxygen atoms in total. The number of primary amides is 1. The number of halogens is 3. The second-order valence-corrected chi connectivity index (χ2v) is 9.21. The fourth-order valence-electron chi connectivity index (χ4n) is 3.06. The van der Waals surface area contributed by atoms with Crippen molar-refractivity contribution in [3.63, 3.8) is 0 Å². The van der Waals surface area contributed by atoms with Gasteiger partial charge in [-0.15, -0.1) is 11.3 Å². The Balaban J connectivity index is 1.86. The minimum Gasteiger partial charge on any atom is -0.378 e. The molecule has 2 amide bonds. The van der Waals surface area contributed by atoms with Crippen LogP contribution >= 0.6 is 23.3 Å². The zero-order valence-electron chi connectivity index (χ0n) is 16.2. The van der Waals surface area contributed by atoms with Gasteiger partial charge in [-0.3, -0.25) is 9.59 Å². The zero-order valence-corrected chi connectivity index (χ0v) is 17.8. The van der Waals surface area contributed by atoms with Crippen molar-refractivity contribution in [1.29, 1.82) is 0 Å². The molecule has 2 unspecified atom stereocenters. The van der Waals surface area contributed by atoms with Crippen molar-refractivity contribution < 1.29 is 27.5 Å². The van der Waals surface area contributed by atoms with Crippen LogP contribution < -0.4 is 11.1 Å². The van der Waals surface area contributed by atoms with E-state index in [-0.39, 0.29) is 22.6 Å². The van der Waals surface area contributed by atoms with Gasteiger partial charge in [0.2, 0.25) is 0 Å². The molecule has 1 aromatic carbocycles. The van der Waals surface area contributed by atoms with Crippen molar-refractivity contribution in [3.8, 4) is 0 Å². The number of nitrogens with one attached hydrogen (secondary N) is 1. The first-order chi connectivity index (χ1) is 14.1. The minimum absolute atomic E-state index is 0.0499. The topological polar surface area (TPSA) is 84.7 Å². The number of anilines is 1. The van der Waals surface area contributed by atoms with E-state index in [1.807, 2.05) is 13.8 Å². The number of nitrogens with two attached hydrogens (primary N) is 1. The Morgan fingerprint density at radius 1 is 1.20 bits per heavy atom. The fraction of sp³-hybridized carbons (Fsp3) is 0.368. The summed E-state index contributed by atoms with van der Waals surface area (Å²) in [6, 6.07) is 6.25. The van der Waals surface area contributed by atoms with E-state index in [9.17, 15) is 22.8 Å². The van der Waals surface area contributed by atoms with Crippen LogP contribution in [0.4, 0.5) is 18.2 Å². The molecule has 1 aromatic heterocycles. The molecule has 3 N–H and O–H groups in total. The molecule has 2 aromatic rings. The molecule has 1 fully saturated rings. The summed E-state index contributed by atoms with van der Waals surface area (Å²) >= 11 is 2.48. The van der Waals surface area contributed by atoms with E-state index in [0.29, 0.717) is 17.4 Å². The molecule has 30 heavy (non-hydrogen) atoms. The number of amides is 2. The molecule has 162 valence electrons. The third-order valence-electron chi connectivity index (χ3n) is 4.46. The number of nitrogens with zero attached hydrogens (tertiary/aromatic N) is 1. The maximum absolute atomic E-state index is 13.2. The van der Waals surface area contributed by atoms with Crippen LogP contribution in [0.15, 0.2) is 34.5 Å². The maximum atomic E-state index is 13.2. The first kappa shape index (κ1) is 22.6. The number of morpholine rings is 1. The van der Waals surface area contributed by atoms with Crippen LogP contribution in [-0.4, -0.2) is 41.4 Å². The SMILES string of the molecule is CC1COCC(C)N1Sc1cc(C(N)=O)c(NC(=O)c2ccccc2C(F)(F)F)s1. The highest BCUT2D eigenvalue weighted by Gasteiger charge is 2.35. The van der Waals surface area contributed by atoms with E-state index < -0.39 is 29.1 Å². The van der Waals surface area contributed by atoms with Crippen molar-refractivity contribution in [2.24, 2.45) is 5.73 Å². The summed E-state index contributed by atoms with van der Waals surface area (Å²) in [5.41, 5.74) is 3.89. The van der Waals surface area contributed by atoms with Crippen LogP contribution in [0.3, 0.4) is 0 Å². The highest BCUT2D eigenvalue weighted by atomic mass is 32.2. The molecule has 0 saturated carbocycles. The Morgan fingerprint density at radius 2 is 1.83 bits per heavy atom. The van der Waals surface area contributed by atoms with Gasteiger partial charge in [-0.2, -0.15) is 13.2 Å². The predicted molar refractivity (Wildman–Crippen MR) is 110 cm³/mol. The quantitative estimate of drug-likeness (QED) is 0.654. The average Bonchev–Trinajstić information content (AvgIpc) is 3.07. The van der Waals surface area contributed by atoms with Gasteiger partial charge in [0.15, 0.2) is 0 Å². The molecule has 1 saturated heterocycles. The lowest BCUT2D eigenvalue weighted by Gasteiger charge is -2.37. The Morgan fingerprint density at radius 3 is 2.43 bits per heavy atom. The summed E-state index contributed by atoms with van der Waals surface area (Å²) in [5, 5.41) is 2.53. The van der Waals surface area contributed by atoms with Gasteiger partial charge >= 0.3 is 6.18 Å². The first-order valence-corrected chi connectivity index (χ1v) is 10.6. The molecular formula is C19H20F3N3O3S2. The number of carbonyl (C=O) groups is 2. The normalized spacial score (nSPS) is 20.2. The van der Waals surface area contributed by atoms with Gasteiger partial charge in [-0.05, 0) is 44.0 Å². The number of hydrogen-bond donors (Lipinski definition) is 2. The van der Waals surface area contributed by atoms with E-state index in [1.54, 1.807) is 0 Å². The number of ether oxygens (including phenoxy) is 1. The van der Waals surface area contributed by atoms with Gasteiger partial charge in [-0.25, -0.2) is 4.31 Å². The molecule has 0 aliphatic carbocycles. The summed E-state index contributed by atoms with van der Waals surface area (Å²) in [7, 11) is 0. The molecular weight excluding hydrogens is 439 g/mol. The summed E-state index contributed by atoms with van der Waals surface area (Å²) in [5.74, 6) is -1.74. The van der Waals surface area contributed by atoms with Crippen molar-refractivity contribution in [3.05, 3.63) is 47.0 Å². The highest BCUT2D eigenvalue weighted by Crippen LogP contribution is 2.39. The van der Waals surface area contributed by atoms with E-state index >= 15 is 0 Å². The molecule has 11 heteroatoms. The molecule has 3 rings (SSSR count). The Labute approximate surface area is 179 Å². The number of benzene rings is 1. The number of thiophene rings is 1. The molecule has 2 atom stereocenters. The number of rotatable bonds is 5. The lowest BCUT2D eigenvalue weighted by Crippen LogP contribution is -2.45. The maximum Gasteiger partial charge on any atom is 0.417 e. The largest absolute Gasteiger partial charge is 0.417 e. The van der Waals surface area contributed by atoms with Crippen LogP contribution in [-0.2, 0) is 10.9 Å². The smallest absolute Gasteiger partial charge is 0.378 e. The van der Waals surface area contributed by atoms with Crippen molar-refractivity contribution in [1.82, 2.24) is 4.31 Å². The zero-order chi connectivity index (χ0) is 22.1. The third kappa shape index (κ3) is 4.97. The van der Waals surface area contributed by atoms with Gasteiger partial charge in [0.25, 0.3) is 11.8 Å². The van der Waals surface area contributed by atoms with Crippen molar-refractivity contribution >= 4 is 40.1 Å². The summed E-state index contributed by atoms with van der Waals surface area (Å²) in [6.07, 6.45) is -4.68. The molecule has 2 heterocycles. The summed E-state index contributed by atoms with van der Waals surface area (Å²) < 4.78 is 48.0. The van der Waals surface area contributed by atoms with Crippen molar-refractivity contribution in [2.75, 3.05) is 18.5 Å². The Kier molecular flexibility index (Phi) is 6.75. The highest BCUT2D eigenvalue weighted by molar-refractivity contribution is 7.99. The molecule has 0 bridgehead atoms. The first-order valence-electron chi connectivity index (χ1n) is 9.03. The van der Waals surface area contributed by atoms with E-state index in [1.165, 1.54) is 30.1 Å². The fourth-order valence-corrected chi connectivity index (χ4v) is 5.37. The monoisotopic (exact) mass is 459 g/mol. The minimum atomic E-state index is -4.68. The van der Waals surface area contributed by atoms with Crippen LogP contribution in [0.2, 0.25) is 0 Å².